The van der Waals surface area contributed by atoms with E-state index >= 15 is 0 Å². The van der Waals surface area contributed by atoms with E-state index in [0.717, 1.165) is 27.9 Å². The summed E-state index contributed by atoms with van der Waals surface area (Å²) >= 11 is 1.46. The number of furan rings is 1. The summed E-state index contributed by atoms with van der Waals surface area (Å²) in [6, 6.07) is 11.6. The van der Waals surface area contributed by atoms with Crippen LogP contribution in [-0.2, 0) is 12.8 Å². The van der Waals surface area contributed by atoms with Crippen LogP contribution in [0.5, 0.6) is 0 Å². The zero-order chi connectivity index (χ0) is 21.4. The molecule has 0 saturated heterocycles. The Morgan fingerprint density at radius 2 is 1.81 bits per heavy atom. The minimum Gasteiger partial charge on any atom is -0.469 e. The summed E-state index contributed by atoms with van der Waals surface area (Å²) < 4.78 is 18.6. The molecule has 5 aromatic rings. The molecule has 0 N–H and O–H groups in total. The van der Waals surface area contributed by atoms with Crippen LogP contribution in [0.15, 0.2) is 61.2 Å². The minimum absolute atomic E-state index is 0.376. The van der Waals surface area contributed by atoms with Crippen LogP contribution in [0.1, 0.15) is 17.4 Å². The van der Waals surface area contributed by atoms with Gasteiger partial charge in [0.15, 0.2) is 11.0 Å². The van der Waals surface area contributed by atoms with E-state index in [0.29, 0.717) is 34.6 Å². The quantitative estimate of drug-likeness (QED) is 0.352. The maximum Gasteiger partial charge on any atom is 0.253 e. The summed E-state index contributed by atoms with van der Waals surface area (Å²) in [5.74, 6) is 3.47. The van der Waals surface area contributed by atoms with Gasteiger partial charge in [-0.1, -0.05) is 47.3 Å². The Hall–Kier alpha value is -3.66. The third-order valence-electron chi connectivity index (χ3n) is 4.85. The van der Waals surface area contributed by atoms with Gasteiger partial charge >= 0.3 is 0 Å². The molecule has 10 heteroatoms. The minimum atomic E-state index is 0.376. The van der Waals surface area contributed by atoms with Crippen molar-refractivity contribution in [3.63, 3.8) is 0 Å². The summed E-state index contributed by atoms with van der Waals surface area (Å²) in [4.78, 5) is 0. The van der Waals surface area contributed by atoms with Crippen LogP contribution in [0.4, 0.5) is 0 Å². The van der Waals surface area contributed by atoms with Gasteiger partial charge in [0.25, 0.3) is 5.89 Å². The van der Waals surface area contributed by atoms with Gasteiger partial charge in [-0.2, -0.15) is 0 Å². The number of aromatic nitrogens is 6. The molecule has 0 atom stereocenters. The monoisotopic (exact) mass is 434 g/mol. The molecule has 0 bridgehead atoms. The van der Waals surface area contributed by atoms with Gasteiger partial charge in [-0.3, -0.25) is 0 Å². The fourth-order valence-electron chi connectivity index (χ4n) is 3.25. The molecular weight excluding hydrogens is 416 g/mol. The summed E-state index contributed by atoms with van der Waals surface area (Å²) in [5.41, 5.74) is 3.21. The molecule has 4 heterocycles. The Kier molecular flexibility index (Phi) is 4.91. The van der Waals surface area contributed by atoms with Crippen LogP contribution in [0, 0.1) is 13.8 Å². The number of hydrogen-bond donors (Lipinski definition) is 0. The van der Waals surface area contributed by atoms with Crippen LogP contribution >= 0.6 is 11.8 Å². The molecule has 0 aliphatic rings. The van der Waals surface area contributed by atoms with Gasteiger partial charge in [-0.05, 0) is 19.9 Å². The highest BCUT2D eigenvalue weighted by Gasteiger charge is 2.22. The fraction of sp³-hybridized carbons (Fsp3) is 0.190. The van der Waals surface area contributed by atoms with Gasteiger partial charge in [0.05, 0.1) is 17.6 Å². The van der Waals surface area contributed by atoms with Gasteiger partial charge in [-0.15, -0.1) is 20.4 Å². The molecule has 0 unspecified atom stereocenters. The van der Waals surface area contributed by atoms with Gasteiger partial charge < -0.3 is 17.9 Å². The number of benzene rings is 1. The maximum atomic E-state index is 5.92. The first-order valence-corrected chi connectivity index (χ1v) is 10.5. The molecule has 5 rings (SSSR count). The number of aryl methyl sites for hydroxylation is 2. The number of hydrogen-bond acceptors (Lipinski definition) is 9. The van der Waals surface area contributed by atoms with E-state index in [2.05, 4.69) is 25.6 Å². The molecule has 156 valence electrons. The third kappa shape index (κ3) is 3.55. The maximum absolute atomic E-state index is 5.92. The van der Waals surface area contributed by atoms with Crippen LogP contribution in [0.25, 0.3) is 34.1 Å². The first-order chi connectivity index (χ1) is 15.1. The number of rotatable bonds is 6. The lowest BCUT2D eigenvalue weighted by Gasteiger charge is -2.01. The van der Waals surface area contributed by atoms with Crippen molar-refractivity contribution in [2.24, 2.45) is 7.05 Å². The van der Waals surface area contributed by atoms with E-state index < -0.39 is 0 Å². The highest BCUT2D eigenvalue weighted by atomic mass is 32.2. The van der Waals surface area contributed by atoms with E-state index in [1.54, 1.807) is 6.26 Å². The standard InChI is InChI=1S/C21H18N6O3S/c1-12-15(9-10-28-12)19-23-25-21(27(19)3)31-11-16-22-24-20(29-16)17-13(2)30-26-18(17)14-7-5-4-6-8-14/h4-10H,11H2,1-3H3. The van der Waals surface area contributed by atoms with Crippen molar-refractivity contribution in [3.05, 3.63) is 60.1 Å². The van der Waals surface area contributed by atoms with Crippen LogP contribution in [-0.4, -0.2) is 30.1 Å². The molecule has 0 radical (unpaired) electrons. The van der Waals surface area contributed by atoms with Crippen molar-refractivity contribution in [3.8, 4) is 34.1 Å². The molecule has 31 heavy (non-hydrogen) atoms. The van der Waals surface area contributed by atoms with Crippen LogP contribution in [0.3, 0.4) is 0 Å². The van der Waals surface area contributed by atoms with Crippen molar-refractivity contribution < 1.29 is 13.4 Å². The van der Waals surface area contributed by atoms with E-state index in [9.17, 15) is 0 Å². The van der Waals surface area contributed by atoms with E-state index in [1.165, 1.54) is 11.8 Å². The molecule has 0 aliphatic heterocycles. The van der Waals surface area contributed by atoms with E-state index in [1.807, 2.05) is 61.9 Å². The molecule has 0 saturated carbocycles. The SMILES string of the molecule is Cc1occc1-c1nnc(SCc2nnc(-c3c(-c4ccccc4)noc3C)o2)n1C. The summed E-state index contributed by atoms with van der Waals surface area (Å²) in [5, 5.41) is 21.9. The first-order valence-electron chi connectivity index (χ1n) is 9.53. The second kappa shape index (κ2) is 7.88. The number of nitrogens with zero attached hydrogens (tertiary/aromatic N) is 6. The lowest BCUT2D eigenvalue weighted by Crippen LogP contribution is -1.95. The Morgan fingerprint density at radius 1 is 0.968 bits per heavy atom. The smallest absolute Gasteiger partial charge is 0.253 e. The highest BCUT2D eigenvalue weighted by Crippen LogP contribution is 2.34. The largest absolute Gasteiger partial charge is 0.469 e. The van der Waals surface area contributed by atoms with Gasteiger partial charge in [-0.25, -0.2) is 0 Å². The highest BCUT2D eigenvalue weighted by molar-refractivity contribution is 7.98. The summed E-state index contributed by atoms with van der Waals surface area (Å²) in [6.07, 6.45) is 1.64. The zero-order valence-corrected chi connectivity index (χ0v) is 17.9. The van der Waals surface area contributed by atoms with Crippen molar-refractivity contribution in [1.82, 2.24) is 30.1 Å². The molecular formula is C21H18N6O3S. The van der Waals surface area contributed by atoms with Crippen molar-refractivity contribution in [2.45, 2.75) is 24.8 Å². The lowest BCUT2D eigenvalue weighted by atomic mass is 10.1. The first kappa shape index (κ1) is 19.3. The average Bonchev–Trinajstić information content (AvgIpc) is 3.55. The fourth-order valence-corrected chi connectivity index (χ4v) is 4.00. The second-order valence-corrected chi connectivity index (χ2v) is 7.82. The van der Waals surface area contributed by atoms with Crippen LogP contribution < -0.4 is 0 Å². The van der Waals surface area contributed by atoms with Crippen LogP contribution in [0.2, 0.25) is 0 Å². The Labute approximate surface area is 181 Å². The molecule has 0 aliphatic carbocycles. The summed E-state index contributed by atoms with van der Waals surface area (Å²) in [7, 11) is 1.91. The molecule has 0 amide bonds. The zero-order valence-electron chi connectivity index (χ0n) is 17.1. The topological polar surface area (TPSA) is 109 Å². The predicted octanol–water partition coefficient (Wildman–Crippen LogP) is 4.69. The molecule has 4 aromatic heterocycles. The third-order valence-corrected chi connectivity index (χ3v) is 5.86. The van der Waals surface area contributed by atoms with E-state index in [4.69, 9.17) is 13.4 Å². The molecule has 0 fully saturated rings. The van der Waals surface area contributed by atoms with E-state index in [-0.39, 0.29) is 0 Å². The van der Waals surface area contributed by atoms with Gasteiger partial charge in [0.2, 0.25) is 5.89 Å². The predicted molar refractivity (Wildman–Crippen MR) is 113 cm³/mol. The molecule has 1 aromatic carbocycles. The average molecular weight is 434 g/mol. The lowest BCUT2D eigenvalue weighted by molar-refractivity contribution is 0.399. The van der Waals surface area contributed by atoms with Gasteiger partial charge in [0, 0.05) is 12.6 Å². The Balaban J connectivity index is 1.36. The van der Waals surface area contributed by atoms with Crippen molar-refractivity contribution >= 4 is 11.8 Å². The van der Waals surface area contributed by atoms with Crippen molar-refractivity contribution in [1.29, 1.82) is 0 Å². The normalized spacial score (nSPS) is 11.3. The second-order valence-electron chi connectivity index (χ2n) is 6.87. The van der Waals surface area contributed by atoms with Crippen molar-refractivity contribution in [2.75, 3.05) is 0 Å². The Morgan fingerprint density at radius 3 is 2.58 bits per heavy atom. The van der Waals surface area contributed by atoms with Gasteiger partial charge in [0.1, 0.15) is 22.8 Å². The summed E-state index contributed by atoms with van der Waals surface area (Å²) in [6.45, 7) is 3.72. The Bertz CT molecular complexity index is 1330. The molecule has 0 spiro atoms. The molecule has 9 nitrogen and oxygen atoms in total. The number of thioether (sulfide) groups is 1.